The first-order chi connectivity index (χ1) is 17.0. The quantitative estimate of drug-likeness (QED) is 0.632. The zero-order valence-electron chi connectivity index (χ0n) is 21.7. The molecule has 2 atom stereocenters. The highest BCUT2D eigenvalue weighted by Crippen LogP contribution is 2.42. The van der Waals surface area contributed by atoms with Crippen LogP contribution in [0, 0.1) is 31.6 Å². The van der Waals surface area contributed by atoms with Gasteiger partial charge in [-0.2, -0.15) is 13.2 Å². The number of aromatic nitrogens is 2. The molecule has 3 fully saturated rings. The maximum Gasteiger partial charge on any atom is 0.420 e. The fourth-order valence-electron chi connectivity index (χ4n) is 5.66. The Morgan fingerprint density at radius 1 is 1.09 bits per heavy atom. The molecule has 1 aromatic heterocycles. The third-order valence-electron chi connectivity index (χ3n) is 7.45. The van der Waals surface area contributed by atoms with Crippen LogP contribution in [0.15, 0.2) is 24.3 Å². The number of anilines is 1. The summed E-state index contributed by atoms with van der Waals surface area (Å²) < 4.78 is 64.9. The molecule has 8 heteroatoms. The number of hydrogen-bond donors (Lipinski definition) is 1. The van der Waals surface area contributed by atoms with E-state index < -0.39 is 18.2 Å². The highest BCUT2D eigenvalue weighted by molar-refractivity contribution is 5.66. The highest BCUT2D eigenvalue weighted by Gasteiger charge is 2.43. The molecule has 0 spiro atoms. The molecule has 5 rings (SSSR count). The summed E-state index contributed by atoms with van der Waals surface area (Å²) in [5.41, 5.74) is 1.85. The van der Waals surface area contributed by atoms with Gasteiger partial charge >= 0.3 is 6.18 Å². The summed E-state index contributed by atoms with van der Waals surface area (Å²) in [5, 5.41) is 11.2. The minimum absolute atomic E-state index is 0.0424. The first-order valence-electron chi connectivity index (χ1n) is 13.1. The third kappa shape index (κ3) is 5.08. The molecule has 0 amide bonds. The molecule has 2 aliphatic heterocycles. The van der Waals surface area contributed by atoms with Crippen molar-refractivity contribution < 1.29 is 20.6 Å². The lowest BCUT2D eigenvalue weighted by molar-refractivity contribution is -0.137. The monoisotopic (exact) mass is 476 g/mol. The van der Waals surface area contributed by atoms with Gasteiger partial charge < -0.3 is 15.0 Å². The van der Waals surface area contributed by atoms with E-state index in [1.54, 1.807) is 0 Å². The van der Waals surface area contributed by atoms with Crippen molar-refractivity contribution in [3.05, 3.63) is 41.0 Å². The van der Waals surface area contributed by atoms with Crippen LogP contribution in [0.4, 0.5) is 19.0 Å². The maximum absolute atomic E-state index is 14.0. The topological polar surface area (TPSA) is 50.3 Å². The summed E-state index contributed by atoms with van der Waals surface area (Å²) in [6, 6.07) is 6.57. The molecular formula is C26H33F3N4O. The molecule has 1 saturated carbocycles. The summed E-state index contributed by atoms with van der Waals surface area (Å²) in [6.45, 7) is 4.83. The molecule has 3 aliphatic rings. The van der Waals surface area contributed by atoms with Gasteiger partial charge in [-0.3, -0.25) is 0 Å². The molecule has 0 bridgehead atoms. The normalized spacial score (nSPS) is 27.4. The third-order valence-corrected chi connectivity index (χ3v) is 7.45. The van der Waals surface area contributed by atoms with E-state index in [0.717, 1.165) is 30.0 Å². The lowest BCUT2D eigenvalue weighted by atomic mass is 10.00. The predicted molar refractivity (Wildman–Crippen MR) is 126 cm³/mol. The fraction of sp³-hybridized carbons (Fsp3) is 0.615. The lowest BCUT2D eigenvalue weighted by Gasteiger charge is -2.28. The first-order valence-corrected chi connectivity index (χ1v) is 12.1. The summed E-state index contributed by atoms with van der Waals surface area (Å²) in [7, 11) is 0. The number of ether oxygens (including phenoxy) is 1. The van der Waals surface area contributed by atoms with Crippen LogP contribution >= 0.6 is 0 Å². The standard InChI is InChI=1S/C26H33F3N4O/c1-16-3-4-17(2)22(9-16)24-12-23(26(27,28)29)25(32-31-24)30-21-10-19-14-33(15-20(19)11-21)13-18-5-7-34-8-6-18/h3-4,9,12,18-21H,5-8,10-11,13-15H2,1-2H3,(H,30,32)/i13D2. The second-order valence-electron chi connectivity index (χ2n) is 10.1. The molecule has 1 aliphatic carbocycles. The average Bonchev–Trinajstić information content (AvgIpc) is 3.40. The van der Waals surface area contributed by atoms with E-state index in [1.807, 2.05) is 36.9 Å². The van der Waals surface area contributed by atoms with Crippen molar-refractivity contribution in [1.82, 2.24) is 15.1 Å². The van der Waals surface area contributed by atoms with E-state index in [2.05, 4.69) is 15.5 Å². The SMILES string of the molecule is [2H]C([2H])(C1CCOCC1)N1CC2CC(Nc3nnc(-c4cc(C)ccc4C)cc3C(F)(F)F)CC2C1. The number of alkyl halides is 3. The molecule has 1 aromatic carbocycles. The van der Waals surface area contributed by atoms with Gasteiger partial charge in [0, 0.05) is 47.1 Å². The van der Waals surface area contributed by atoms with Gasteiger partial charge in [0.05, 0.1) is 5.69 Å². The Morgan fingerprint density at radius 2 is 1.79 bits per heavy atom. The Balaban J connectivity index is 1.29. The number of nitrogens with one attached hydrogen (secondary N) is 1. The van der Waals surface area contributed by atoms with E-state index in [4.69, 9.17) is 7.48 Å². The van der Waals surface area contributed by atoms with Gasteiger partial charge in [-0.1, -0.05) is 17.7 Å². The predicted octanol–water partition coefficient (Wildman–Crippen LogP) is 5.33. The number of aryl methyl sites for hydroxylation is 2. The summed E-state index contributed by atoms with van der Waals surface area (Å²) in [4.78, 5) is 1.95. The number of benzene rings is 1. The zero-order valence-corrected chi connectivity index (χ0v) is 19.7. The number of nitrogens with zero attached hydrogens (tertiary/aromatic N) is 3. The number of hydrogen-bond acceptors (Lipinski definition) is 5. The zero-order chi connectivity index (χ0) is 25.7. The summed E-state index contributed by atoms with van der Waals surface area (Å²) >= 11 is 0. The smallest absolute Gasteiger partial charge is 0.381 e. The Bertz CT molecular complexity index is 1090. The van der Waals surface area contributed by atoms with Crippen LogP contribution in [0.2, 0.25) is 0 Å². The van der Waals surface area contributed by atoms with Gasteiger partial charge in [-0.25, -0.2) is 0 Å². The van der Waals surface area contributed by atoms with E-state index in [9.17, 15) is 13.2 Å². The molecule has 1 N–H and O–H groups in total. The van der Waals surface area contributed by atoms with Gasteiger partial charge in [0.15, 0.2) is 5.82 Å². The fourth-order valence-corrected chi connectivity index (χ4v) is 5.66. The minimum atomic E-state index is -4.56. The number of fused-ring (bicyclic) bond motifs is 1. The van der Waals surface area contributed by atoms with Crippen LogP contribution in [0.3, 0.4) is 0 Å². The van der Waals surface area contributed by atoms with Crippen molar-refractivity contribution >= 4 is 5.82 Å². The van der Waals surface area contributed by atoms with Crippen molar-refractivity contribution in [3.63, 3.8) is 0 Å². The second kappa shape index (κ2) is 9.46. The molecule has 2 unspecified atom stereocenters. The maximum atomic E-state index is 14.0. The summed E-state index contributed by atoms with van der Waals surface area (Å²) in [6.07, 6.45) is -1.72. The van der Waals surface area contributed by atoms with Crippen molar-refractivity contribution in [2.24, 2.45) is 17.8 Å². The molecular weight excluding hydrogens is 441 g/mol. The Hall–Kier alpha value is -2.19. The average molecular weight is 477 g/mol. The van der Waals surface area contributed by atoms with Crippen LogP contribution in [-0.4, -0.2) is 53.9 Å². The first kappa shape index (κ1) is 21.1. The molecule has 5 nitrogen and oxygen atoms in total. The second-order valence-corrected chi connectivity index (χ2v) is 10.1. The van der Waals surface area contributed by atoms with Crippen molar-refractivity contribution in [1.29, 1.82) is 0 Å². The Labute approximate surface area is 201 Å². The van der Waals surface area contributed by atoms with Gasteiger partial charge in [-0.05, 0) is 75.0 Å². The van der Waals surface area contributed by atoms with Crippen molar-refractivity contribution in [2.75, 3.05) is 38.1 Å². The van der Waals surface area contributed by atoms with Gasteiger partial charge in [0.2, 0.25) is 0 Å². The number of likely N-dealkylation sites (tertiary alicyclic amines) is 1. The lowest BCUT2D eigenvalue weighted by Crippen LogP contribution is -2.32. The number of rotatable bonds is 5. The van der Waals surface area contributed by atoms with Crippen LogP contribution < -0.4 is 5.32 Å². The minimum Gasteiger partial charge on any atom is -0.381 e. The van der Waals surface area contributed by atoms with Crippen LogP contribution in [-0.2, 0) is 10.9 Å². The molecule has 184 valence electrons. The van der Waals surface area contributed by atoms with E-state index >= 15 is 0 Å². The summed E-state index contributed by atoms with van der Waals surface area (Å²) in [5.74, 6) is 0.248. The van der Waals surface area contributed by atoms with Gasteiger partial charge in [-0.15, -0.1) is 10.2 Å². The molecule has 34 heavy (non-hydrogen) atoms. The van der Waals surface area contributed by atoms with Crippen LogP contribution in [0.5, 0.6) is 0 Å². The van der Waals surface area contributed by atoms with E-state index in [0.29, 0.717) is 44.7 Å². The molecule has 0 radical (unpaired) electrons. The molecule has 3 heterocycles. The van der Waals surface area contributed by atoms with Crippen molar-refractivity contribution in [2.45, 2.75) is 51.7 Å². The largest absolute Gasteiger partial charge is 0.420 e. The van der Waals surface area contributed by atoms with Crippen LogP contribution in [0.25, 0.3) is 11.3 Å². The number of halogens is 3. The highest BCUT2D eigenvalue weighted by atomic mass is 19.4. The Kier molecular flexibility index (Phi) is 5.87. The van der Waals surface area contributed by atoms with Crippen LogP contribution in [0.1, 0.15) is 45.1 Å². The van der Waals surface area contributed by atoms with Gasteiger partial charge in [0.25, 0.3) is 0 Å². The van der Waals surface area contributed by atoms with Crippen molar-refractivity contribution in [3.8, 4) is 11.3 Å². The molecule has 2 saturated heterocycles. The van der Waals surface area contributed by atoms with E-state index in [-0.39, 0.29) is 35.3 Å². The van der Waals surface area contributed by atoms with Gasteiger partial charge in [0.1, 0.15) is 5.56 Å². The molecule has 2 aromatic rings. The Morgan fingerprint density at radius 3 is 2.47 bits per heavy atom. The van der Waals surface area contributed by atoms with E-state index in [1.165, 1.54) is 0 Å².